The van der Waals surface area contributed by atoms with E-state index in [4.69, 9.17) is 4.74 Å². The van der Waals surface area contributed by atoms with E-state index in [2.05, 4.69) is 15.4 Å². The number of aryl methyl sites for hydroxylation is 1. The Hall–Kier alpha value is -2.41. The summed E-state index contributed by atoms with van der Waals surface area (Å²) in [4.78, 5) is 16.6. The van der Waals surface area contributed by atoms with E-state index in [-0.39, 0.29) is 30.5 Å². The maximum absolute atomic E-state index is 12.4. The minimum absolute atomic E-state index is 0.111. The summed E-state index contributed by atoms with van der Waals surface area (Å²) in [5.74, 6) is 0.628. The zero-order valence-electron chi connectivity index (χ0n) is 13.8. The lowest BCUT2D eigenvalue weighted by atomic mass is 9.75. The van der Waals surface area contributed by atoms with Crippen molar-refractivity contribution in [2.75, 3.05) is 7.11 Å². The number of aliphatic hydroxyl groups is 1. The molecule has 2 heterocycles. The van der Waals surface area contributed by atoms with Gasteiger partial charge in [0.15, 0.2) is 0 Å². The highest BCUT2D eigenvalue weighted by Gasteiger charge is 2.35. The number of carbonyl (C=O) groups excluding carboxylic acids is 1. The van der Waals surface area contributed by atoms with Gasteiger partial charge in [0.1, 0.15) is 6.54 Å². The largest absolute Gasteiger partial charge is 0.481 e. The molecule has 0 aliphatic heterocycles. The summed E-state index contributed by atoms with van der Waals surface area (Å²) in [6, 6.07) is 5.37. The molecule has 1 aliphatic rings. The number of hydrogen-bond donors (Lipinski definition) is 2. The Bertz CT molecular complexity index is 692. The van der Waals surface area contributed by atoms with Gasteiger partial charge in [-0.3, -0.25) is 9.48 Å². The van der Waals surface area contributed by atoms with Gasteiger partial charge in [-0.05, 0) is 37.3 Å². The van der Waals surface area contributed by atoms with Gasteiger partial charge in [0.05, 0.1) is 24.9 Å². The third-order valence-electron chi connectivity index (χ3n) is 4.34. The Balaban J connectivity index is 1.70. The number of methoxy groups -OCH3 is 1. The van der Waals surface area contributed by atoms with Crippen LogP contribution in [0.4, 0.5) is 0 Å². The standard InChI is InChI=1S/C17H22N4O3/c1-11-5-6-21(20-11)10-15(23)19-17(13-7-14(22)8-13)12-3-4-16(24-2)18-9-12/h3-6,9,13-14,17,22H,7-8,10H2,1-2H3,(H,19,23)/t13?,14?,17-/m0/s1. The Labute approximate surface area is 140 Å². The van der Waals surface area contributed by atoms with Crippen molar-refractivity contribution >= 4 is 5.91 Å². The third kappa shape index (κ3) is 3.73. The second kappa shape index (κ2) is 7.00. The molecule has 7 heteroatoms. The first kappa shape index (κ1) is 16.4. The average Bonchev–Trinajstić information content (AvgIpc) is 2.95. The van der Waals surface area contributed by atoms with Gasteiger partial charge >= 0.3 is 0 Å². The van der Waals surface area contributed by atoms with Crippen LogP contribution in [-0.4, -0.2) is 39.0 Å². The lowest BCUT2D eigenvalue weighted by molar-refractivity contribution is -0.123. The normalized spacial score (nSPS) is 21.0. The summed E-state index contributed by atoms with van der Waals surface area (Å²) in [6.07, 6.45) is 4.57. The van der Waals surface area contributed by atoms with Crippen molar-refractivity contribution in [1.29, 1.82) is 0 Å². The summed E-state index contributed by atoms with van der Waals surface area (Å²) in [5.41, 5.74) is 1.79. The van der Waals surface area contributed by atoms with Crippen molar-refractivity contribution in [2.24, 2.45) is 5.92 Å². The van der Waals surface area contributed by atoms with Gasteiger partial charge in [-0.1, -0.05) is 6.07 Å². The molecule has 0 saturated heterocycles. The Kier molecular flexibility index (Phi) is 4.80. The SMILES string of the molecule is COc1ccc([C@H](NC(=O)Cn2ccc(C)n2)C2CC(O)C2)cn1. The molecular weight excluding hydrogens is 308 g/mol. The number of aromatic nitrogens is 3. The van der Waals surface area contributed by atoms with E-state index in [1.54, 1.807) is 30.3 Å². The maximum Gasteiger partial charge on any atom is 0.242 e. The molecule has 24 heavy (non-hydrogen) atoms. The Morgan fingerprint density at radius 1 is 1.46 bits per heavy atom. The van der Waals surface area contributed by atoms with Gasteiger partial charge in [0.25, 0.3) is 0 Å². The van der Waals surface area contributed by atoms with Crippen LogP contribution in [0.1, 0.15) is 30.1 Å². The molecule has 1 saturated carbocycles. The van der Waals surface area contributed by atoms with Crippen LogP contribution in [0.2, 0.25) is 0 Å². The van der Waals surface area contributed by atoms with Gasteiger partial charge in [0.2, 0.25) is 11.8 Å². The third-order valence-corrected chi connectivity index (χ3v) is 4.34. The smallest absolute Gasteiger partial charge is 0.242 e. The van der Waals surface area contributed by atoms with Crippen LogP contribution in [0.5, 0.6) is 5.88 Å². The van der Waals surface area contributed by atoms with Crippen LogP contribution >= 0.6 is 0 Å². The van der Waals surface area contributed by atoms with E-state index in [9.17, 15) is 9.90 Å². The first-order valence-electron chi connectivity index (χ1n) is 8.02. The van der Waals surface area contributed by atoms with Gasteiger partial charge in [0, 0.05) is 18.5 Å². The molecule has 0 unspecified atom stereocenters. The molecular formula is C17H22N4O3. The van der Waals surface area contributed by atoms with Crippen LogP contribution in [0.25, 0.3) is 0 Å². The summed E-state index contributed by atoms with van der Waals surface area (Å²) in [6.45, 7) is 2.05. The number of pyridine rings is 1. The summed E-state index contributed by atoms with van der Waals surface area (Å²) in [5, 5.41) is 16.9. The lowest BCUT2D eigenvalue weighted by Crippen LogP contribution is -2.42. The van der Waals surface area contributed by atoms with E-state index in [0.717, 1.165) is 11.3 Å². The zero-order valence-corrected chi connectivity index (χ0v) is 13.8. The van der Waals surface area contributed by atoms with E-state index in [1.165, 1.54) is 0 Å². The molecule has 1 fully saturated rings. The monoisotopic (exact) mass is 330 g/mol. The van der Waals surface area contributed by atoms with Gasteiger partial charge in [-0.25, -0.2) is 4.98 Å². The van der Waals surface area contributed by atoms with Gasteiger partial charge in [-0.15, -0.1) is 0 Å². The van der Waals surface area contributed by atoms with Crippen molar-refractivity contribution in [3.63, 3.8) is 0 Å². The highest BCUT2D eigenvalue weighted by atomic mass is 16.5. The molecule has 1 amide bonds. The topological polar surface area (TPSA) is 89.3 Å². The van der Waals surface area contributed by atoms with E-state index in [1.807, 2.05) is 19.1 Å². The van der Waals surface area contributed by atoms with Crippen LogP contribution in [0.3, 0.4) is 0 Å². The fourth-order valence-electron chi connectivity index (χ4n) is 2.99. The number of rotatable bonds is 6. The second-order valence-corrected chi connectivity index (χ2v) is 6.22. The predicted molar refractivity (Wildman–Crippen MR) is 87.4 cm³/mol. The number of carbonyl (C=O) groups is 1. The molecule has 2 aromatic rings. The number of nitrogens with one attached hydrogen (secondary N) is 1. The van der Waals surface area contributed by atoms with E-state index in [0.29, 0.717) is 18.7 Å². The molecule has 2 aromatic heterocycles. The number of nitrogens with zero attached hydrogens (tertiary/aromatic N) is 3. The zero-order chi connectivity index (χ0) is 17.1. The molecule has 128 valence electrons. The molecule has 1 atom stereocenters. The van der Waals surface area contributed by atoms with E-state index < -0.39 is 0 Å². The van der Waals surface area contributed by atoms with Crippen LogP contribution < -0.4 is 10.1 Å². The fourth-order valence-corrected chi connectivity index (χ4v) is 2.99. The van der Waals surface area contributed by atoms with Crippen LogP contribution in [-0.2, 0) is 11.3 Å². The van der Waals surface area contributed by atoms with Gasteiger partial charge < -0.3 is 15.2 Å². The van der Waals surface area contributed by atoms with Crippen molar-refractivity contribution in [3.8, 4) is 5.88 Å². The van der Waals surface area contributed by atoms with Crippen LogP contribution in [0, 0.1) is 12.8 Å². The van der Waals surface area contributed by atoms with Crippen molar-refractivity contribution in [3.05, 3.63) is 41.9 Å². The quantitative estimate of drug-likeness (QED) is 0.831. The molecule has 7 nitrogen and oxygen atoms in total. The first-order valence-corrected chi connectivity index (χ1v) is 8.02. The molecule has 0 aromatic carbocycles. The lowest BCUT2D eigenvalue weighted by Gasteiger charge is -2.38. The highest BCUT2D eigenvalue weighted by molar-refractivity contribution is 5.76. The summed E-state index contributed by atoms with van der Waals surface area (Å²) < 4.78 is 6.69. The van der Waals surface area contributed by atoms with E-state index >= 15 is 0 Å². The highest BCUT2D eigenvalue weighted by Crippen LogP contribution is 2.38. The van der Waals surface area contributed by atoms with Crippen molar-refractivity contribution in [1.82, 2.24) is 20.1 Å². The molecule has 3 rings (SSSR count). The average molecular weight is 330 g/mol. The Morgan fingerprint density at radius 2 is 2.25 bits per heavy atom. The first-order chi connectivity index (χ1) is 11.5. The summed E-state index contributed by atoms with van der Waals surface area (Å²) in [7, 11) is 1.57. The number of hydrogen-bond acceptors (Lipinski definition) is 5. The maximum atomic E-state index is 12.4. The fraction of sp³-hybridized carbons (Fsp3) is 0.471. The Morgan fingerprint density at radius 3 is 2.79 bits per heavy atom. The molecule has 0 spiro atoms. The molecule has 0 bridgehead atoms. The number of aliphatic hydroxyl groups excluding tert-OH is 1. The molecule has 2 N–H and O–H groups in total. The molecule has 0 radical (unpaired) electrons. The van der Waals surface area contributed by atoms with Crippen LogP contribution in [0.15, 0.2) is 30.6 Å². The minimum atomic E-state index is -0.283. The predicted octanol–water partition coefficient (Wildman–Crippen LogP) is 1.22. The van der Waals surface area contributed by atoms with Crippen molar-refractivity contribution < 1.29 is 14.6 Å². The van der Waals surface area contributed by atoms with Crippen molar-refractivity contribution in [2.45, 2.75) is 38.5 Å². The molecule has 1 aliphatic carbocycles. The second-order valence-electron chi connectivity index (χ2n) is 6.22. The minimum Gasteiger partial charge on any atom is -0.481 e. The number of ether oxygens (including phenoxy) is 1. The number of amides is 1. The van der Waals surface area contributed by atoms with Gasteiger partial charge in [-0.2, -0.15) is 5.10 Å². The summed E-state index contributed by atoms with van der Waals surface area (Å²) >= 11 is 0.